The van der Waals surface area contributed by atoms with Crippen LogP contribution < -0.4 is 13.9 Å². The maximum absolute atomic E-state index is 13.8. The fraction of sp³-hybridized carbons (Fsp3) is 0.429. The molecular weight excluding hydrogens is 360 g/mol. The summed E-state index contributed by atoms with van der Waals surface area (Å²) in [6.07, 6.45) is 0.859. The number of rotatable bonds is 3. The maximum Gasteiger partial charge on any atom is 0.268 e. The third-order valence-corrected chi connectivity index (χ3v) is 7.74. The minimum Gasteiger partial charge on any atom is -0.495 e. The Kier molecular flexibility index (Phi) is 4.43. The van der Waals surface area contributed by atoms with Gasteiger partial charge in [0.25, 0.3) is 10.0 Å². The number of methoxy groups -OCH3 is 1. The number of benzene rings is 2. The third-order valence-electron chi connectivity index (χ3n) is 5.88. The first-order valence-corrected chi connectivity index (χ1v) is 10.9. The van der Waals surface area contributed by atoms with Crippen LogP contribution in [0.1, 0.15) is 29.0 Å². The zero-order chi connectivity index (χ0) is 19.3. The molecule has 1 fully saturated rings. The Hall–Kier alpha value is -2.05. The van der Waals surface area contributed by atoms with Gasteiger partial charge in [-0.05, 0) is 43.2 Å². The molecule has 0 amide bonds. The SMILES string of the molecule is COc1ccc(C)cc1S(=O)(=O)N1c2ccc(C)cc2[C@H]2C[NH+](C)CC[C@H]21. The standard InChI is InChI=1S/C21H26N2O3S/c1-14-5-7-18-16(11-14)17-13-22(3)10-9-19(17)23(18)27(24,25)21-12-15(2)6-8-20(21)26-4/h5-8,11-12,17,19H,9-10,13H2,1-4H3/p+1/t17-,19-/m1/s1. The second-order valence-electron chi connectivity index (χ2n) is 7.89. The van der Waals surface area contributed by atoms with Crippen LogP contribution in [0.4, 0.5) is 5.69 Å². The second kappa shape index (κ2) is 6.53. The van der Waals surface area contributed by atoms with Gasteiger partial charge in [-0.1, -0.05) is 23.8 Å². The fourth-order valence-corrected chi connectivity index (χ4v) is 6.54. The lowest BCUT2D eigenvalue weighted by atomic mass is 9.89. The van der Waals surface area contributed by atoms with Gasteiger partial charge < -0.3 is 9.64 Å². The second-order valence-corrected chi connectivity index (χ2v) is 9.67. The minimum atomic E-state index is -3.72. The molecule has 0 saturated carbocycles. The highest BCUT2D eigenvalue weighted by Crippen LogP contribution is 2.46. The van der Waals surface area contributed by atoms with Gasteiger partial charge in [-0.25, -0.2) is 8.42 Å². The number of anilines is 1. The monoisotopic (exact) mass is 387 g/mol. The highest BCUT2D eigenvalue weighted by atomic mass is 32.2. The summed E-state index contributed by atoms with van der Waals surface area (Å²) in [5.41, 5.74) is 4.06. The molecule has 2 aliphatic heterocycles. The molecule has 6 heteroatoms. The Morgan fingerprint density at radius 1 is 1.11 bits per heavy atom. The molecule has 5 nitrogen and oxygen atoms in total. The molecule has 0 aliphatic carbocycles. The summed E-state index contributed by atoms with van der Waals surface area (Å²) in [6, 6.07) is 11.4. The van der Waals surface area contributed by atoms with Crippen molar-refractivity contribution >= 4 is 15.7 Å². The first kappa shape index (κ1) is 18.3. The van der Waals surface area contributed by atoms with Gasteiger partial charge >= 0.3 is 0 Å². The van der Waals surface area contributed by atoms with Crippen LogP contribution in [0.25, 0.3) is 0 Å². The van der Waals surface area contributed by atoms with Crippen molar-refractivity contribution in [2.24, 2.45) is 0 Å². The zero-order valence-electron chi connectivity index (χ0n) is 16.3. The summed E-state index contributed by atoms with van der Waals surface area (Å²) in [5.74, 6) is 0.635. The number of ether oxygens (including phenoxy) is 1. The largest absolute Gasteiger partial charge is 0.495 e. The van der Waals surface area contributed by atoms with E-state index in [1.807, 2.05) is 25.1 Å². The van der Waals surface area contributed by atoms with Crippen molar-refractivity contribution < 1.29 is 18.1 Å². The molecule has 2 aliphatic rings. The van der Waals surface area contributed by atoms with E-state index in [4.69, 9.17) is 4.74 Å². The lowest BCUT2D eigenvalue weighted by molar-refractivity contribution is -0.886. The fourth-order valence-electron chi connectivity index (χ4n) is 4.56. The summed E-state index contributed by atoms with van der Waals surface area (Å²) in [5, 5.41) is 0. The number of nitrogens with zero attached hydrogens (tertiary/aromatic N) is 1. The van der Waals surface area contributed by atoms with Gasteiger partial charge in [0, 0.05) is 6.42 Å². The van der Waals surface area contributed by atoms with Crippen LogP contribution in [0, 0.1) is 13.8 Å². The topological polar surface area (TPSA) is 51.1 Å². The molecule has 3 atom stereocenters. The Morgan fingerprint density at radius 3 is 2.56 bits per heavy atom. The molecule has 2 aromatic rings. The molecule has 1 N–H and O–H groups in total. The van der Waals surface area contributed by atoms with Crippen molar-refractivity contribution in [2.45, 2.75) is 37.1 Å². The van der Waals surface area contributed by atoms with E-state index < -0.39 is 10.0 Å². The predicted octanol–water partition coefficient (Wildman–Crippen LogP) is 1.89. The van der Waals surface area contributed by atoms with Crippen molar-refractivity contribution in [3.8, 4) is 5.75 Å². The Balaban J connectivity index is 1.89. The van der Waals surface area contributed by atoms with Gasteiger partial charge in [0.1, 0.15) is 10.6 Å². The first-order chi connectivity index (χ1) is 12.8. The molecule has 2 heterocycles. The van der Waals surface area contributed by atoms with E-state index in [-0.39, 0.29) is 16.9 Å². The number of piperidine rings is 1. The number of sulfonamides is 1. The van der Waals surface area contributed by atoms with E-state index in [2.05, 4.69) is 20.0 Å². The van der Waals surface area contributed by atoms with Crippen LogP contribution >= 0.6 is 0 Å². The number of aryl methyl sites for hydroxylation is 2. The number of hydrogen-bond donors (Lipinski definition) is 1. The first-order valence-electron chi connectivity index (χ1n) is 9.44. The van der Waals surface area contributed by atoms with E-state index in [0.717, 1.165) is 36.3 Å². The Bertz CT molecular complexity index is 987. The lowest BCUT2D eigenvalue weighted by Crippen LogP contribution is -3.11. The zero-order valence-corrected chi connectivity index (χ0v) is 17.1. The number of likely N-dealkylation sites (tertiary alicyclic amines) is 1. The lowest BCUT2D eigenvalue weighted by Gasteiger charge is -2.35. The normalized spacial score (nSPS) is 24.4. The van der Waals surface area contributed by atoms with Crippen LogP contribution in [0.2, 0.25) is 0 Å². The smallest absolute Gasteiger partial charge is 0.268 e. The van der Waals surface area contributed by atoms with E-state index in [9.17, 15) is 8.42 Å². The number of nitrogens with one attached hydrogen (secondary N) is 1. The van der Waals surface area contributed by atoms with Gasteiger partial charge in [-0.3, -0.25) is 4.31 Å². The van der Waals surface area contributed by atoms with Crippen molar-refractivity contribution in [1.82, 2.24) is 0 Å². The summed E-state index contributed by atoms with van der Waals surface area (Å²) in [6.45, 7) is 5.90. The van der Waals surface area contributed by atoms with Crippen LogP contribution in [0.15, 0.2) is 41.3 Å². The van der Waals surface area contributed by atoms with Crippen LogP contribution in [0.5, 0.6) is 5.75 Å². The molecule has 144 valence electrons. The summed E-state index contributed by atoms with van der Waals surface area (Å²) in [7, 11) is -0.0115. The minimum absolute atomic E-state index is 0.0271. The number of fused-ring (bicyclic) bond motifs is 3. The highest BCUT2D eigenvalue weighted by Gasteiger charge is 2.48. The molecule has 27 heavy (non-hydrogen) atoms. The van der Waals surface area contributed by atoms with Crippen molar-refractivity contribution in [3.63, 3.8) is 0 Å². The Labute approximate surface area is 161 Å². The van der Waals surface area contributed by atoms with Gasteiger partial charge in [0.15, 0.2) is 0 Å². The number of hydrogen-bond acceptors (Lipinski definition) is 3. The van der Waals surface area contributed by atoms with Gasteiger partial charge in [0.2, 0.25) is 0 Å². The molecule has 2 aromatic carbocycles. The van der Waals surface area contributed by atoms with Crippen molar-refractivity contribution in [3.05, 3.63) is 53.1 Å². The molecule has 0 bridgehead atoms. The van der Waals surface area contributed by atoms with E-state index >= 15 is 0 Å². The molecule has 0 aromatic heterocycles. The quantitative estimate of drug-likeness (QED) is 0.875. The predicted molar refractivity (Wildman–Crippen MR) is 106 cm³/mol. The van der Waals surface area contributed by atoms with E-state index in [0.29, 0.717) is 5.75 Å². The van der Waals surface area contributed by atoms with Crippen LogP contribution in [-0.4, -0.2) is 41.7 Å². The van der Waals surface area contributed by atoms with Crippen molar-refractivity contribution in [1.29, 1.82) is 0 Å². The van der Waals surface area contributed by atoms with E-state index in [1.165, 1.54) is 17.6 Å². The molecule has 4 rings (SSSR count). The van der Waals surface area contributed by atoms with Gasteiger partial charge in [-0.15, -0.1) is 0 Å². The summed E-state index contributed by atoms with van der Waals surface area (Å²) >= 11 is 0. The summed E-state index contributed by atoms with van der Waals surface area (Å²) in [4.78, 5) is 1.71. The third kappa shape index (κ3) is 2.91. The summed E-state index contributed by atoms with van der Waals surface area (Å²) < 4.78 is 34.7. The van der Waals surface area contributed by atoms with Gasteiger partial charge in [0.05, 0.1) is 44.9 Å². The molecule has 0 spiro atoms. The van der Waals surface area contributed by atoms with Gasteiger partial charge in [-0.2, -0.15) is 0 Å². The average Bonchev–Trinajstić information content (AvgIpc) is 2.95. The maximum atomic E-state index is 13.8. The molecule has 0 radical (unpaired) electrons. The molecule has 1 unspecified atom stereocenters. The van der Waals surface area contributed by atoms with Crippen LogP contribution in [0.3, 0.4) is 0 Å². The van der Waals surface area contributed by atoms with Crippen molar-refractivity contribution in [2.75, 3.05) is 31.6 Å². The number of likely N-dealkylation sites (N-methyl/N-ethyl adjacent to an activating group) is 1. The highest BCUT2D eigenvalue weighted by molar-refractivity contribution is 7.93. The average molecular weight is 388 g/mol. The van der Waals surface area contributed by atoms with Crippen LogP contribution in [-0.2, 0) is 10.0 Å². The molecular formula is C21H27N2O3S+. The molecule has 1 saturated heterocycles. The number of quaternary nitrogens is 1. The van der Waals surface area contributed by atoms with E-state index in [1.54, 1.807) is 16.4 Å². The Morgan fingerprint density at radius 2 is 1.81 bits per heavy atom.